The summed E-state index contributed by atoms with van der Waals surface area (Å²) in [7, 11) is 4.45. The lowest BCUT2D eigenvalue weighted by molar-refractivity contribution is -0.108. The second-order valence-corrected chi connectivity index (χ2v) is 6.75. The number of nitrogens with zero attached hydrogens (tertiary/aromatic N) is 1. The first-order valence-electron chi connectivity index (χ1n) is 5.41. The van der Waals surface area contributed by atoms with Crippen LogP contribution in [-0.4, -0.2) is 61.5 Å². The number of hydrogen-bond acceptors (Lipinski definition) is 5. The van der Waals surface area contributed by atoms with E-state index in [1.54, 1.807) is 21.3 Å². The molecule has 0 aliphatic heterocycles. The molecule has 0 amide bonds. The van der Waals surface area contributed by atoms with Crippen LogP contribution in [0.3, 0.4) is 0 Å². The molecule has 0 radical (unpaired) electrons. The Kier molecular flexibility index (Phi) is 8.68. The van der Waals surface area contributed by atoms with Gasteiger partial charge in [0.05, 0.1) is 0 Å². The number of hydrogen-bond donors (Lipinski definition) is 0. The first-order valence-corrected chi connectivity index (χ1v) is 7.35. The maximum atomic E-state index is 10.2. The summed E-state index contributed by atoms with van der Waals surface area (Å²) in [5, 5.41) is 0. The van der Waals surface area contributed by atoms with Gasteiger partial charge in [0.1, 0.15) is 6.29 Å². The highest BCUT2D eigenvalue weighted by Gasteiger charge is 2.36. The van der Waals surface area contributed by atoms with E-state index in [9.17, 15) is 4.79 Å². The van der Waals surface area contributed by atoms with Crippen molar-refractivity contribution in [3.8, 4) is 0 Å². The molecular weight excluding hydrogens is 226 g/mol. The van der Waals surface area contributed by atoms with E-state index >= 15 is 0 Å². The summed E-state index contributed by atoms with van der Waals surface area (Å²) in [6.45, 7) is 1.71. The topological polar surface area (TPSA) is 48.0 Å². The Labute approximate surface area is 99.0 Å². The van der Waals surface area contributed by atoms with E-state index < -0.39 is 8.80 Å². The summed E-state index contributed by atoms with van der Waals surface area (Å²) >= 11 is 0. The maximum absolute atomic E-state index is 10.2. The van der Waals surface area contributed by atoms with Crippen molar-refractivity contribution in [3.63, 3.8) is 0 Å². The van der Waals surface area contributed by atoms with Gasteiger partial charge in [-0.25, -0.2) is 0 Å². The van der Waals surface area contributed by atoms with Crippen LogP contribution in [0.25, 0.3) is 0 Å². The van der Waals surface area contributed by atoms with Gasteiger partial charge in [-0.1, -0.05) is 0 Å². The van der Waals surface area contributed by atoms with E-state index in [0.29, 0.717) is 6.42 Å². The Balaban J connectivity index is 3.81. The van der Waals surface area contributed by atoms with Gasteiger partial charge in [0, 0.05) is 40.3 Å². The summed E-state index contributed by atoms with van der Waals surface area (Å²) in [5.74, 6) is 0. The van der Waals surface area contributed by atoms with Crippen LogP contribution < -0.4 is 0 Å². The van der Waals surface area contributed by atoms with Crippen LogP contribution in [0.2, 0.25) is 6.04 Å². The van der Waals surface area contributed by atoms with Gasteiger partial charge in [0.25, 0.3) is 0 Å². The third-order valence-electron chi connectivity index (χ3n) is 2.58. The number of carbonyl (C=O) groups excluding carboxylic acids is 1. The fraction of sp³-hybridized carbons (Fsp3) is 0.900. The molecule has 0 atom stereocenters. The second-order valence-electron chi connectivity index (χ2n) is 3.66. The smallest absolute Gasteiger partial charge is 0.377 e. The molecule has 0 heterocycles. The Hall–Kier alpha value is -0.273. The first-order chi connectivity index (χ1) is 7.64. The molecule has 16 heavy (non-hydrogen) atoms. The maximum Gasteiger partial charge on any atom is 0.500 e. The molecule has 0 saturated carbocycles. The van der Waals surface area contributed by atoms with E-state index in [1.165, 1.54) is 0 Å². The molecule has 0 fully saturated rings. The Morgan fingerprint density at radius 3 is 2.12 bits per heavy atom. The molecule has 6 heteroatoms. The molecule has 0 aliphatic carbocycles. The van der Waals surface area contributed by atoms with Crippen LogP contribution in [0.4, 0.5) is 0 Å². The quantitative estimate of drug-likeness (QED) is 0.423. The fourth-order valence-corrected chi connectivity index (χ4v) is 3.21. The molecule has 0 aliphatic rings. The van der Waals surface area contributed by atoms with Crippen LogP contribution in [-0.2, 0) is 18.1 Å². The lowest BCUT2D eigenvalue weighted by atomic mass is 10.4. The normalized spacial score (nSPS) is 12.1. The third-order valence-corrected chi connectivity index (χ3v) is 5.42. The van der Waals surface area contributed by atoms with Gasteiger partial charge in [-0.3, -0.25) is 0 Å². The number of carbonyl (C=O) groups is 1. The third kappa shape index (κ3) is 5.71. The summed E-state index contributed by atoms with van der Waals surface area (Å²) in [5.41, 5.74) is 0. The predicted molar refractivity (Wildman–Crippen MR) is 64.4 cm³/mol. The molecule has 0 bridgehead atoms. The van der Waals surface area contributed by atoms with Crippen LogP contribution in [0.1, 0.15) is 12.8 Å². The lowest BCUT2D eigenvalue weighted by Crippen LogP contribution is -2.43. The van der Waals surface area contributed by atoms with Gasteiger partial charge in [-0.2, -0.15) is 0 Å². The number of aldehydes is 1. The first kappa shape index (κ1) is 15.7. The lowest BCUT2D eigenvalue weighted by Gasteiger charge is -2.25. The van der Waals surface area contributed by atoms with E-state index in [1.807, 2.05) is 7.05 Å². The summed E-state index contributed by atoms with van der Waals surface area (Å²) in [4.78, 5) is 12.3. The molecule has 96 valence electrons. The van der Waals surface area contributed by atoms with Gasteiger partial charge >= 0.3 is 8.80 Å². The number of rotatable bonds is 10. The van der Waals surface area contributed by atoms with Gasteiger partial charge in [-0.15, -0.1) is 0 Å². The molecular formula is C10H23NO4Si. The van der Waals surface area contributed by atoms with Crippen LogP contribution in [0.15, 0.2) is 0 Å². The molecule has 0 saturated heterocycles. The minimum absolute atomic E-state index is 0.581. The van der Waals surface area contributed by atoms with E-state index in [2.05, 4.69) is 4.90 Å². The van der Waals surface area contributed by atoms with E-state index in [0.717, 1.165) is 31.8 Å². The van der Waals surface area contributed by atoms with Crippen molar-refractivity contribution in [2.45, 2.75) is 18.9 Å². The molecule has 0 spiro atoms. The van der Waals surface area contributed by atoms with Crippen LogP contribution in [0, 0.1) is 0 Å². The van der Waals surface area contributed by atoms with Gasteiger partial charge in [-0.05, 0) is 20.0 Å². The fourth-order valence-electron chi connectivity index (χ4n) is 1.51. The Morgan fingerprint density at radius 2 is 1.69 bits per heavy atom. The molecule has 0 N–H and O–H groups in total. The van der Waals surface area contributed by atoms with Crippen molar-refractivity contribution >= 4 is 15.1 Å². The Morgan fingerprint density at radius 1 is 1.12 bits per heavy atom. The standard InChI is InChI=1S/C10H23NO4Si/c1-11(7-5-9-12)8-6-10-16(13-2,14-3)15-4/h9H,5-8,10H2,1-4H3. The van der Waals surface area contributed by atoms with Crippen molar-refractivity contribution in [2.75, 3.05) is 41.5 Å². The molecule has 5 nitrogen and oxygen atoms in total. The van der Waals surface area contributed by atoms with Gasteiger partial charge < -0.3 is 23.0 Å². The average Bonchev–Trinajstić information content (AvgIpc) is 2.33. The summed E-state index contributed by atoms with van der Waals surface area (Å²) < 4.78 is 16.0. The van der Waals surface area contributed by atoms with Crippen molar-refractivity contribution in [3.05, 3.63) is 0 Å². The highest BCUT2D eigenvalue weighted by atomic mass is 28.4. The van der Waals surface area contributed by atoms with E-state index in [4.69, 9.17) is 13.3 Å². The molecule has 0 unspecified atom stereocenters. The highest BCUT2D eigenvalue weighted by molar-refractivity contribution is 6.60. The van der Waals surface area contributed by atoms with Crippen LogP contribution in [0.5, 0.6) is 0 Å². The van der Waals surface area contributed by atoms with Crippen molar-refractivity contribution in [1.29, 1.82) is 0 Å². The minimum Gasteiger partial charge on any atom is -0.377 e. The molecule has 0 aromatic carbocycles. The highest BCUT2D eigenvalue weighted by Crippen LogP contribution is 2.14. The van der Waals surface area contributed by atoms with Crippen molar-refractivity contribution in [1.82, 2.24) is 4.90 Å². The van der Waals surface area contributed by atoms with Gasteiger partial charge in [0.15, 0.2) is 0 Å². The molecule has 0 aromatic rings. The molecule has 0 rings (SSSR count). The van der Waals surface area contributed by atoms with Crippen molar-refractivity contribution in [2.24, 2.45) is 0 Å². The SMILES string of the molecule is CO[Si](CCCN(C)CCC=O)(OC)OC. The largest absolute Gasteiger partial charge is 0.500 e. The van der Waals surface area contributed by atoms with Gasteiger partial charge in [0.2, 0.25) is 0 Å². The summed E-state index contributed by atoms with van der Waals surface area (Å²) in [6, 6.07) is 0.794. The minimum atomic E-state index is -2.41. The zero-order valence-electron chi connectivity index (χ0n) is 10.7. The zero-order valence-corrected chi connectivity index (χ0v) is 11.7. The van der Waals surface area contributed by atoms with Crippen LogP contribution >= 0.6 is 0 Å². The van der Waals surface area contributed by atoms with E-state index in [-0.39, 0.29) is 0 Å². The predicted octanol–water partition coefficient (Wildman–Crippen LogP) is 0.775. The molecule has 0 aromatic heterocycles. The monoisotopic (exact) mass is 249 g/mol. The average molecular weight is 249 g/mol. The Bertz CT molecular complexity index is 179. The zero-order chi connectivity index (χ0) is 12.4. The second kappa shape index (κ2) is 8.83. The van der Waals surface area contributed by atoms with Crippen molar-refractivity contribution < 1.29 is 18.1 Å². The summed E-state index contributed by atoms with van der Waals surface area (Å²) in [6.07, 6.45) is 2.46.